The van der Waals surface area contributed by atoms with E-state index in [1.54, 1.807) is 4.90 Å². The minimum absolute atomic E-state index is 0.00646. The van der Waals surface area contributed by atoms with Crippen LogP contribution in [0.15, 0.2) is 0 Å². The van der Waals surface area contributed by atoms with Gasteiger partial charge >= 0.3 is 0 Å². The van der Waals surface area contributed by atoms with E-state index in [1.807, 2.05) is 14.1 Å². The number of alkyl halides is 2. The van der Waals surface area contributed by atoms with Gasteiger partial charge in [-0.15, -0.1) is 0 Å². The molecule has 0 bridgehead atoms. The highest BCUT2D eigenvalue weighted by molar-refractivity contribution is 9.10. The maximum absolute atomic E-state index is 11.7. The van der Waals surface area contributed by atoms with Crippen molar-refractivity contribution in [3.05, 3.63) is 0 Å². The maximum atomic E-state index is 11.7. The molecule has 0 aromatic heterocycles. The van der Waals surface area contributed by atoms with E-state index in [1.165, 1.54) is 83.5 Å². The van der Waals surface area contributed by atoms with Gasteiger partial charge in [0.25, 0.3) is 0 Å². The maximum Gasteiger partial charge on any atom is 0.235 e. The second-order valence-corrected chi connectivity index (χ2v) is 9.03. The molecule has 0 radical (unpaired) electrons. The zero-order chi connectivity index (χ0) is 18.0. The summed E-state index contributed by atoms with van der Waals surface area (Å²) in [6.45, 7) is 0. The summed E-state index contributed by atoms with van der Waals surface area (Å²) in [5, 5.41) is 1.16. The Morgan fingerprint density at radius 1 is 0.708 bits per heavy atom. The second-order valence-electron chi connectivity index (χ2n) is 7.13. The van der Waals surface area contributed by atoms with Crippen LogP contribution in [0.2, 0.25) is 0 Å². The van der Waals surface area contributed by atoms with Crippen LogP contribution in [0.4, 0.5) is 0 Å². The zero-order valence-corrected chi connectivity index (χ0v) is 19.2. The number of amides is 1. The number of hydrogen-bond acceptors (Lipinski definition) is 1. The Hall–Kier alpha value is 0.430. The van der Waals surface area contributed by atoms with Crippen molar-refractivity contribution in [1.82, 2.24) is 4.90 Å². The number of hydrogen-bond donors (Lipinski definition) is 0. The lowest BCUT2D eigenvalue weighted by molar-refractivity contribution is -0.128. The number of carbonyl (C=O) groups excluding carboxylic acids is 1. The SMILES string of the molecule is CN(C)C(=O)C(Br)CCCCCCCCCCCCCCCCBr. The third-order valence-electron chi connectivity index (χ3n) is 4.55. The van der Waals surface area contributed by atoms with Crippen molar-refractivity contribution in [3.63, 3.8) is 0 Å². The van der Waals surface area contributed by atoms with Crippen molar-refractivity contribution in [2.45, 2.75) is 101 Å². The average Bonchev–Trinajstić information content (AvgIpc) is 2.57. The molecule has 0 N–H and O–H groups in total. The van der Waals surface area contributed by atoms with Gasteiger partial charge in [-0.1, -0.05) is 115 Å². The van der Waals surface area contributed by atoms with Crippen LogP contribution < -0.4 is 0 Å². The summed E-state index contributed by atoms with van der Waals surface area (Å²) in [5.41, 5.74) is 0. The Balaban J connectivity index is 3.16. The smallest absolute Gasteiger partial charge is 0.235 e. The van der Waals surface area contributed by atoms with Crippen LogP contribution >= 0.6 is 31.9 Å². The van der Waals surface area contributed by atoms with Gasteiger partial charge in [0.2, 0.25) is 5.91 Å². The largest absolute Gasteiger partial charge is 0.348 e. The number of nitrogens with zero attached hydrogens (tertiary/aromatic N) is 1. The van der Waals surface area contributed by atoms with Crippen LogP contribution in [-0.4, -0.2) is 35.1 Å². The molecule has 0 heterocycles. The number of rotatable bonds is 17. The zero-order valence-electron chi connectivity index (χ0n) is 16.0. The first kappa shape index (κ1) is 24.4. The molecule has 0 saturated carbocycles. The summed E-state index contributed by atoms with van der Waals surface area (Å²) in [6.07, 6.45) is 20.1. The lowest BCUT2D eigenvalue weighted by Gasteiger charge is -2.15. The van der Waals surface area contributed by atoms with Gasteiger partial charge < -0.3 is 4.90 Å². The van der Waals surface area contributed by atoms with Gasteiger partial charge in [-0.3, -0.25) is 4.79 Å². The van der Waals surface area contributed by atoms with E-state index in [0.717, 1.165) is 18.2 Å². The lowest BCUT2D eigenvalue weighted by Crippen LogP contribution is -2.29. The fourth-order valence-corrected chi connectivity index (χ4v) is 4.07. The molecular weight excluding hydrogens is 430 g/mol. The van der Waals surface area contributed by atoms with Gasteiger partial charge in [-0.2, -0.15) is 0 Å². The number of carbonyl (C=O) groups is 1. The van der Waals surface area contributed by atoms with E-state index in [9.17, 15) is 4.79 Å². The van der Waals surface area contributed by atoms with Gasteiger partial charge in [0, 0.05) is 19.4 Å². The van der Waals surface area contributed by atoms with E-state index >= 15 is 0 Å². The van der Waals surface area contributed by atoms with E-state index in [0.29, 0.717) is 0 Å². The normalized spacial score (nSPS) is 12.3. The van der Waals surface area contributed by atoms with Crippen LogP contribution in [0.3, 0.4) is 0 Å². The predicted octanol–water partition coefficient (Wildman–Crippen LogP) is 7.08. The standard InChI is InChI=1S/C20H39Br2NO/c1-23(2)20(24)19(22)17-15-13-11-9-7-5-3-4-6-8-10-12-14-16-18-21/h19H,3-18H2,1-2H3. The third-order valence-corrected chi connectivity index (χ3v) is 5.96. The summed E-state index contributed by atoms with van der Waals surface area (Å²) in [5.74, 6) is 0.193. The Morgan fingerprint density at radius 3 is 1.38 bits per heavy atom. The molecule has 1 unspecified atom stereocenters. The quantitative estimate of drug-likeness (QED) is 0.165. The summed E-state index contributed by atoms with van der Waals surface area (Å²) in [4.78, 5) is 13.4. The molecule has 0 aliphatic heterocycles. The van der Waals surface area contributed by atoms with Crippen molar-refractivity contribution in [3.8, 4) is 0 Å². The highest BCUT2D eigenvalue weighted by Gasteiger charge is 2.15. The molecule has 0 aliphatic carbocycles. The molecule has 0 aliphatic rings. The van der Waals surface area contributed by atoms with Gasteiger partial charge in [0.1, 0.15) is 0 Å². The Kier molecular flexibility index (Phi) is 18.6. The van der Waals surface area contributed by atoms with Gasteiger partial charge in [0.05, 0.1) is 4.83 Å². The highest BCUT2D eigenvalue weighted by atomic mass is 79.9. The first-order valence-corrected chi connectivity index (χ1v) is 12.0. The van der Waals surface area contributed by atoms with Crippen LogP contribution in [0.25, 0.3) is 0 Å². The van der Waals surface area contributed by atoms with Crippen LogP contribution in [0, 0.1) is 0 Å². The van der Waals surface area contributed by atoms with Crippen molar-refractivity contribution in [2.24, 2.45) is 0 Å². The molecule has 0 saturated heterocycles. The second kappa shape index (κ2) is 18.2. The molecule has 0 aromatic carbocycles. The summed E-state index contributed by atoms with van der Waals surface area (Å²) >= 11 is 6.98. The van der Waals surface area contributed by atoms with E-state index < -0.39 is 0 Å². The van der Waals surface area contributed by atoms with Crippen molar-refractivity contribution < 1.29 is 4.79 Å². The highest BCUT2D eigenvalue weighted by Crippen LogP contribution is 2.16. The molecular formula is C20H39Br2NO. The fourth-order valence-electron chi connectivity index (χ4n) is 2.94. The molecule has 4 heteroatoms. The molecule has 0 aromatic rings. The molecule has 1 atom stereocenters. The Labute approximate surface area is 167 Å². The van der Waals surface area contributed by atoms with Gasteiger partial charge in [-0.05, 0) is 12.8 Å². The molecule has 144 valence electrons. The first-order valence-electron chi connectivity index (χ1n) is 10.0. The molecule has 24 heavy (non-hydrogen) atoms. The molecule has 2 nitrogen and oxygen atoms in total. The summed E-state index contributed by atoms with van der Waals surface area (Å²) < 4.78 is 0. The van der Waals surface area contributed by atoms with E-state index in [-0.39, 0.29) is 10.7 Å². The van der Waals surface area contributed by atoms with E-state index in [4.69, 9.17) is 0 Å². The Morgan fingerprint density at radius 2 is 1.04 bits per heavy atom. The van der Waals surface area contributed by atoms with Crippen LogP contribution in [0.1, 0.15) is 96.3 Å². The minimum atomic E-state index is 0.00646. The Bertz CT molecular complexity index is 285. The number of halogens is 2. The van der Waals surface area contributed by atoms with Crippen LogP contribution in [-0.2, 0) is 4.79 Å². The topological polar surface area (TPSA) is 20.3 Å². The lowest BCUT2D eigenvalue weighted by atomic mass is 10.0. The van der Waals surface area contributed by atoms with Crippen molar-refractivity contribution >= 4 is 37.8 Å². The van der Waals surface area contributed by atoms with E-state index in [2.05, 4.69) is 31.9 Å². The molecule has 0 rings (SSSR count). The van der Waals surface area contributed by atoms with Gasteiger partial charge in [-0.25, -0.2) is 0 Å². The minimum Gasteiger partial charge on any atom is -0.348 e. The first-order chi connectivity index (χ1) is 11.6. The fraction of sp³-hybridized carbons (Fsp3) is 0.950. The molecule has 0 fully saturated rings. The third kappa shape index (κ3) is 15.9. The van der Waals surface area contributed by atoms with Crippen LogP contribution in [0.5, 0.6) is 0 Å². The average molecular weight is 469 g/mol. The molecule has 0 spiro atoms. The predicted molar refractivity (Wildman–Crippen MR) is 114 cm³/mol. The summed E-state index contributed by atoms with van der Waals surface area (Å²) in [7, 11) is 3.64. The van der Waals surface area contributed by atoms with Crippen molar-refractivity contribution in [2.75, 3.05) is 19.4 Å². The van der Waals surface area contributed by atoms with Gasteiger partial charge in [0.15, 0.2) is 0 Å². The van der Waals surface area contributed by atoms with Crippen molar-refractivity contribution in [1.29, 1.82) is 0 Å². The monoisotopic (exact) mass is 467 g/mol. The summed E-state index contributed by atoms with van der Waals surface area (Å²) in [6, 6.07) is 0. The number of unbranched alkanes of at least 4 members (excludes halogenated alkanes) is 13. The molecule has 1 amide bonds.